The number of aromatic amines is 1. The standard InChI is InChI=1S/C14H16ClN3O2/c1-14(2,3)20-13(19)17-10-6-4-9(5-7-10)11-8-16-18-12(11)15/h4-8H,1-3H3,(H,16,18)(H,17,19). The normalized spacial score (nSPS) is 11.2. The Bertz CT molecular complexity index is 600. The minimum atomic E-state index is -0.520. The average molecular weight is 294 g/mol. The van der Waals surface area contributed by atoms with Crippen molar-refractivity contribution in [2.75, 3.05) is 5.32 Å². The molecule has 0 atom stereocenters. The molecule has 1 aromatic heterocycles. The number of halogens is 1. The van der Waals surface area contributed by atoms with E-state index in [0.717, 1.165) is 11.1 Å². The summed E-state index contributed by atoms with van der Waals surface area (Å²) in [4.78, 5) is 11.6. The molecule has 1 heterocycles. The van der Waals surface area contributed by atoms with Crippen LogP contribution in [0, 0.1) is 0 Å². The van der Waals surface area contributed by atoms with Crippen molar-refractivity contribution in [1.29, 1.82) is 0 Å². The highest BCUT2D eigenvalue weighted by atomic mass is 35.5. The first-order valence-electron chi connectivity index (χ1n) is 6.15. The molecule has 2 N–H and O–H groups in total. The van der Waals surface area contributed by atoms with Gasteiger partial charge in [0.1, 0.15) is 5.60 Å². The van der Waals surface area contributed by atoms with Crippen LogP contribution in [0.25, 0.3) is 11.1 Å². The Morgan fingerprint density at radius 1 is 1.30 bits per heavy atom. The maximum atomic E-state index is 11.6. The summed E-state index contributed by atoms with van der Waals surface area (Å²) in [5.74, 6) is 0. The summed E-state index contributed by atoms with van der Waals surface area (Å²) in [7, 11) is 0. The Morgan fingerprint density at radius 2 is 1.95 bits per heavy atom. The van der Waals surface area contributed by atoms with Gasteiger partial charge in [-0.3, -0.25) is 10.4 Å². The number of nitrogens with one attached hydrogen (secondary N) is 2. The van der Waals surface area contributed by atoms with Crippen molar-refractivity contribution in [3.63, 3.8) is 0 Å². The highest BCUT2D eigenvalue weighted by molar-refractivity contribution is 6.32. The Kier molecular flexibility index (Phi) is 3.99. The molecule has 0 fully saturated rings. The lowest BCUT2D eigenvalue weighted by Crippen LogP contribution is -2.27. The van der Waals surface area contributed by atoms with Gasteiger partial charge in [-0.2, -0.15) is 5.10 Å². The van der Waals surface area contributed by atoms with Crippen molar-refractivity contribution < 1.29 is 9.53 Å². The summed E-state index contributed by atoms with van der Waals surface area (Å²) in [6.45, 7) is 5.45. The summed E-state index contributed by atoms with van der Waals surface area (Å²) in [6.07, 6.45) is 1.24. The first-order valence-corrected chi connectivity index (χ1v) is 6.53. The van der Waals surface area contributed by atoms with Gasteiger partial charge in [0.2, 0.25) is 0 Å². The third-order valence-corrected chi connectivity index (χ3v) is 2.72. The molecule has 0 spiro atoms. The van der Waals surface area contributed by atoms with Crippen LogP contribution in [-0.2, 0) is 4.74 Å². The van der Waals surface area contributed by atoms with Gasteiger partial charge in [-0.15, -0.1) is 0 Å². The maximum Gasteiger partial charge on any atom is 0.412 e. The molecule has 0 saturated carbocycles. The van der Waals surface area contributed by atoms with Crippen LogP contribution in [0.5, 0.6) is 0 Å². The molecular formula is C14H16ClN3O2. The second kappa shape index (κ2) is 5.54. The predicted octanol–water partition coefficient (Wildman–Crippen LogP) is 4.08. The van der Waals surface area contributed by atoms with E-state index in [9.17, 15) is 4.79 Å². The number of aromatic nitrogens is 2. The molecule has 0 aliphatic rings. The highest BCUT2D eigenvalue weighted by Gasteiger charge is 2.16. The van der Waals surface area contributed by atoms with E-state index < -0.39 is 11.7 Å². The molecule has 0 radical (unpaired) electrons. The fourth-order valence-corrected chi connectivity index (χ4v) is 1.84. The van der Waals surface area contributed by atoms with E-state index in [-0.39, 0.29) is 0 Å². The maximum absolute atomic E-state index is 11.6. The van der Waals surface area contributed by atoms with E-state index in [4.69, 9.17) is 16.3 Å². The van der Waals surface area contributed by atoms with E-state index in [2.05, 4.69) is 15.5 Å². The SMILES string of the molecule is CC(C)(C)OC(=O)Nc1ccc(-c2c[nH]nc2Cl)cc1. The van der Waals surface area contributed by atoms with Gasteiger partial charge < -0.3 is 4.74 Å². The second-order valence-electron chi connectivity index (χ2n) is 5.29. The smallest absolute Gasteiger partial charge is 0.412 e. The number of H-pyrrole nitrogens is 1. The minimum Gasteiger partial charge on any atom is -0.444 e. The molecule has 106 valence electrons. The number of carbonyl (C=O) groups excluding carboxylic acids is 1. The van der Waals surface area contributed by atoms with Gasteiger partial charge in [-0.05, 0) is 38.5 Å². The fourth-order valence-electron chi connectivity index (χ4n) is 1.63. The van der Waals surface area contributed by atoms with Crippen molar-refractivity contribution in [2.24, 2.45) is 0 Å². The molecule has 0 bridgehead atoms. The molecule has 0 saturated heterocycles. The first-order chi connectivity index (χ1) is 9.35. The van der Waals surface area contributed by atoms with Gasteiger partial charge in [-0.1, -0.05) is 23.7 Å². The van der Waals surface area contributed by atoms with Crippen molar-refractivity contribution >= 4 is 23.4 Å². The van der Waals surface area contributed by atoms with Crippen LogP contribution in [0.3, 0.4) is 0 Å². The molecule has 0 unspecified atom stereocenters. The van der Waals surface area contributed by atoms with Gasteiger partial charge in [-0.25, -0.2) is 4.79 Å². The van der Waals surface area contributed by atoms with Crippen LogP contribution < -0.4 is 5.32 Å². The van der Waals surface area contributed by atoms with Crippen LogP contribution in [0.1, 0.15) is 20.8 Å². The lowest BCUT2D eigenvalue weighted by molar-refractivity contribution is 0.0636. The summed E-state index contributed by atoms with van der Waals surface area (Å²) in [6, 6.07) is 7.26. The zero-order valence-electron chi connectivity index (χ0n) is 11.5. The first kappa shape index (κ1) is 14.4. The van der Waals surface area contributed by atoms with Gasteiger partial charge in [0.25, 0.3) is 0 Å². The lowest BCUT2D eigenvalue weighted by atomic mass is 10.1. The third-order valence-electron chi connectivity index (χ3n) is 2.44. The fraction of sp³-hybridized carbons (Fsp3) is 0.286. The molecule has 0 aliphatic heterocycles. The van der Waals surface area contributed by atoms with Crippen LogP contribution in [0.2, 0.25) is 5.15 Å². The predicted molar refractivity (Wildman–Crippen MR) is 78.9 cm³/mol. The molecule has 6 heteroatoms. The zero-order valence-corrected chi connectivity index (χ0v) is 12.3. The second-order valence-corrected chi connectivity index (χ2v) is 5.65. The van der Waals surface area contributed by atoms with Crippen LogP contribution in [0.4, 0.5) is 10.5 Å². The quantitative estimate of drug-likeness (QED) is 0.877. The molecule has 1 aromatic carbocycles. The minimum absolute atomic E-state index is 0.415. The molecule has 0 aliphatic carbocycles. The zero-order chi connectivity index (χ0) is 14.8. The van der Waals surface area contributed by atoms with E-state index >= 15 is 0 Å². The van der Waals surface area contributed by atoms with Gasteiger partial charge in [0.05, 0.1) is 0 Å². The molecule has 1 amide bonds. The number of ether oxygens (including phenoxy) is 1. The van der Waals surface area contributed by atoms with E-state index in [1.807, 2.05) is 32.9 Å². The highest BCUT2D eigenvalue weighted by Crippen LogP contribution is 2.26. The largest absolute Gasteiger partial charge is 0.444 e. The van der Waals surface area contributed by atoms with Crippen LogP contribution >= 0.6 is 11.6 Å². The van der Waals surface area contributed by atoms with Gasteiger partial charge in [0.15, 0.2) is 5.15 Å². The monoisotopic (exact) mass is 293 g/mol. The molecular weight excluding hydrogens is 278 g/mol. The van der Waals surface area contributed by atoms with E-state index in [1.165, 1.54) is 0 Å². The van der Waals surface area contributed by atoms with Crippen LogP contribution in [0.15, 0.2) is 30.5 Å². The Balaban J connectivity index is 2.06. The number of amides is 1. The Morgan fingerprint density at radius 3 is 2.45 bits per heavy atom. The number of rotatable bonds is 2. The molecule has 20 heavy (non-hydrogen) atoms. The van der Waals surface area contributed by atoms with Crippen LogP contribution in [-0.4, -0.2) is 21.9 Å². The van der Waals surface area contributed by atoms with Crippen molar-refractivity contribution in [2.45, 2.75) is 26.4 Å². The number of nitrogens with zero attached hydrogens (tertiary/aromatic N) is 1. The Labute approximate surface area is 122 Å². The number of benzene rings is 1. The van der Waals surface area contributed by atoms with E-state index in [0.29, 0.717) is 10.8 Å². The van der Waals surface area contributed by atoms with E-state index in [1.54, 1.807) is 18.3 Å². The topological polar surface area (TPSA) is 67.0 Å². The number of carbonyl (C=O) groups is 1. The number of hydrogen-bond donors (Lipinski definition) is 2. The summed E-state index contributed by atoms with van der Waals surface area (Å²) in [5.41, 5.74) is 1.87. The molecule has 2 aromatic rings. The van der Waals surface area contributed by atoms with Gasteiger partial charge in [0, 0.05) is 17.4 Å². The van der Waals surface area contributed by atoms with Crippen molar-refractivity contribution in [3.8, 4) is 11.1 Å². The third kappa shape index (κ3) is 3.74. The molecule has 2 rings (SSSR count). The lowest BCUT2D eigenvalue weighted by Gasteiger charge is -2.19. The summed E-state index contributed by atoms with van der Waals surface area (Å²) in [5, 5.41) is 9.63. The van der Waals surface area contributed by atoms with Crippen molar-refractivity contribution in [3.05, 3.63) is 35.6 Å². The number of anilines is 1. The van der Waals surface area contributed by atoms with Crippen molar-refractivity contribution in [1.82, 2.24) is 10.2 Å². The summed E-state index contributed by atoms with van der Waals surface area (Å²) < 4.78 is 5.18. The van der Waals surface area contributed by atoms with Gasteiger partial charge >= 0.3 is 6.09 Å². The number of hydrogen-bond acceptors (Lipinski definition) is 3. The average Bonchev–Trinajstić information content (AvgIpc) is 2.74. The molecule has 5 nitrogen and oxygen atoms in total. The Hall–Kier alpha value is -2.01. The summed E-state index contributed by atoms with van der Waals surface area (Å²) >= 11 is 5.94.